The van der Waals surface area contributed by atoms with Gasteiger partial charge >= 0.3 is 0 Å². The van der Waals surface area contributed by atoms with E-state index in [1.165, 1.54) is 5.56 Å². The smallest absolute Gasteiger partial charge is 0.161 e. The molecule has 1 aromatic carbocycles. The van der Waals surface area contributed by atoms with Crippen LogP contribution >= 0.6 is 0 Å². The number of aromatic nitrogens is 1. The maximum Gasteiger partial charge on any atom is 0.161 e. The van der Waals surface area contributed by atoms with Gasteiger partial charge < -0.3 is 24.2 Å². The number of hydrogen-bond donors (Lipinski definition) is 1. The molecule has 1 saturated heterocycles. The Morgan fingerprint density at radius 3 is 2.59 bits per heavy atom. The molecular weight excluding hydrogens is 406 g/mol. The van der Waals surface area contributed by atoms with Crippen molar-refractivity contribution in [2.75, 3.05) is 46.4 Å². The number of ether oxygens (including phenoxy) is 3. The second-order valence-electron chi connectivity index (χ2n) is 8.22. The summed E-state index contributed by atoms with van der Waals surface area (Å²) < 4.78 is 17.5. The van der Waals surface area contributed by atoms with Gasteiger partial charge in [-0.1, -0.05) is 19.9 Å². The molecule has 176 valence electrons. The number of aliphatic hydroxyl groups is 1. The fourth-order valence-corrected chi connectivity index (χ4v) is 4.00. The summed E-state index contributed by atoms with van der Waals surface area (Å²) in [6.45, 7) is 9.67. The lowest BCUT2D eigenvalue weighted by Gasteiger charge is -2.32. The van der Waals surface area contributed by atoms with Crippen LogP contribution in [-0.2, 0) is 6.54 Å². The van der Waals surface area contributed by atoms with E-state index >= 15 is 0 Å². The van der Waals surface area contributed by atoms with Gasteiger partial charge in [-0.15, -0.1) is 0 Å². The number of hydrogen-bond acceptors (Lipinski definition) is 7. The van der Waals surface area contributed by atoms with E-state index in [1.807, 2.05) is 24.3 Å². The monoisotopic (exact) mass is 443 g/mol. The van der Waals surface area contributed by atoms with Gasteiger partial charge in [-0.2, -0.15) is 0 Å². The molecule has 32 heavy (non-hydrogen) atoms. The summed E-state index contributed by atoms with van der Waals surface area (Å²) in [5, 5.41) is 10.3. The molecule has 2 heterocycles. The summed E-state index contributed by atoms with van der Waals surface area (Å²) >= 11 is 0. The summed E-state index contributed by atoms with van der Waals surface area (Å²) in [4.78, 5) is 8.73. The Morgan fingerprint density at radius 1 is 1.16 bits per heavy atom. The molecule has 1 unspecified atom stereocenters. The predicted octanol–water partition coefficient (Wildman–Crippen LogP) is 3.22. The molecule has 0 radical (unpaired) electrons. The number of likely N-dealkylation sites (N-methyl/N-ethyl adjacent to an activating group) is 1. The van der Waals surface area contributed by atoms with Gasteiger partial charge in [-0.3, -0.25) is 9.88 Å². The minimum absolute atomic E-state index is 0.234. The topological polar surface area (TPSA) is 67.3 Å². The lowest BCUT2D eigenvalue weighted by Crippen LogP contribution is -2.37. The number of nitrogens with zero attached hydrogens (tertiary/aromatic N) is 3. The van der Waals surface area contributed by atoms with Crippen molar-refractivity contribution < 1.29 is 19.3 Å². The van der Waals surface area contributed by atoms with E-state index in [4.69, 9.17) is 14.2 Å². The molecule has 1 atom stereocenters. The van der Waals surface area contributed by atoms with Crippen LogP contribution in [0.2, 0.25) is 0 Å². The number of methoxy groups -OCH3 is 1. The number of likely N-dealkylation sites (tertiary alicyclic amines) is 1. The Bertz CT molecular complexity index is 793. The van der Waals surface area contributed by atoms with Crippen LogP contribution < -0.4 is 14.2 Å². The number of aliphatic hydroxyl groups excluding tert-OH is 1. The van der Waals surface area contributed by atoms with E-state index < -0.39 is 6.10 Å². The molecule has 0 aliphatic carbocycles. The largest absolute Gasteiger partial charge is 0.493 e. The maximum absolute atomic E-state index is 10.3. The standard InChI is InChI=1S/C25H37N3O4/c1-4-27(5-2)18-21(29)19-31-25-15-20(8-9-24(25)30-3)17-28-13-10-22(11-14-28)32-23-7-6-12-26-16-23/h6-9,12,15-16,21-22,29H,4-5,10-11,13-14,17-19H2,1-3H3. The van der Waals surface area contributed by atoms with E-state index in [0.717, 1.165) is 51.3 Å². The molecular formula is C25H37N3O4. The normalized spacial score (nSPS) is 16.2. The highest BCUT2D eigenvalue weighted by molar-refractivity contribution is 5.43. The lowest BCUT2D eigenvalue weighted by molar-refractivity contribution is 0.0704. The van der Waals surface area contributed by atoms with Crippen molar-refractivity contribution in [3.8, 4) is 17.2 Å². The zero-order chi connectivity index (χ0) is 22.8. The highest BCUT2D eigenvalue weighted by Gasteiger charge is 2.21. The van der Waals surface area contributed by atoms with Crippen LogP contribution in [0.3, 0.4) is 0 Å². The molecule has 7 nitrogen and oxygen atoms in total. The van der Waals surface area contributed by atoms with E-state index in [1.54, 1.807) is 19.5 Å². The predicted molar refractivity (Wildman–Crippen MR) is 125 cm³/mol. The zero-order valence-electron chi connectivity index (χ0n) is 19.6. The van der Waals surface area contributed by atoms with E-state index in [9.17, 15) is 5.11 Å². The summed E-state index contributed by atoms with van der Waals surface area (Å²) in [5.41, 5.74) is 1.17. The van der Waals surface area contributed by atoms with Crippen molar-refractivity contribution in [1.82, 2.24) is 14.8 Å². The molecule has 1 aromatic heterocycles. The molecule has 1 fully saturated rings. The highest BCUT2D eigenvalue weighted by atomic mass is 16.5. The molecule has 1 N–H and O–H groups in total. The van der Waals surface area contributed by atoms with Gasteiger partial charge in [0.2, 0.25) is 0 Å². The van der Waals surface area contributed by atoms with Crippen LogP contribution in [0.1, 0.15) is 32.3 Å². The van der Waals surface area contributed by atoms with E-state index in [2.05, 4.69) is 34.7 Å². The highest BCUT2D eigenvalue weighted by Crippen LogP contribution is 2.29. The molecule has 7 heteroatoms. The molecule has 2 aromatic rings. The minimum Gasteiger partial charge on any atom is -0.493 e. The van der Waals surface area contributed by atoms with E-state index in [0.29, 0.717) is 18.0 Å². The van der Waals surface area contributed by atoms with Gasteiger partial charge in [-0.25, -0.2) is 0 Å². The van der Waals surface area contributed by atoms with Gasteiger partial charge in [0.25, 0.3) is 0 Å². The third-order valence-corrected chi connectivity index (χ3v) is 5.90. The average molecular weight is 444 g/mol. The molecule has 1 aliphatic heterocycles. The molecule has 0 saturated carbocycles. The Morgan fingerprint density at radius 2 is 1.94 bits per heavy atom. The third kappa shape index (κ3) is 7.36. The van der Waals surface area contributed by atoms with Crippen LogP contribution in [-0.4, -0.2) is 78.5 Å². The Hall–Kier alpha value is -2.35. The number of rotatable bonds is 12. The van der Waals surface area contributed by atoms with Crippen LogP contribution in [0.25, 0.3) is 0 Å². The summed E-state index contributed by atoms with van der Waals surface area (Å²) in [6, 6.07) is 9.91. The number of pyridine rings is 1. The SMILES string of the molecule is CCN(CC)CC(O)COc1cc(CN2CCC(Oc3cccnc3)CC2)ccc1OC. The van der Waals surface area contributed by atoms with Gasteiger partial charge in [0.15, 0.2) is 11.5 Å². The quantitative estimate of drug-likeness (QED) is 0.540. The van der Waals surface area contributed by atoms with Crippen LogP contribution in [0, 0.1) is 0 Å². The lowest BCUT2D eigenvalue weighted by atomic mass is 10.1. The van der Waals surface area contributed by atoms with Gasteiger partial charge in [0, 0.05) is 32.4 Å². The van der Waals surface area contributed by atoms with Crippen molar-refractivity contribution in [3.63, 3.8) is 0 Å². The van der Waals surface area contributed by atoms with Crippen LogP contribution in [0.4, 0.5) is 0 Å². The van der Waals surface area contributed by atoms with Crippen molar-refractivity contribution in [3.05, 3.63) is 48.3 Å². The first-order chi connectivity index (χ1) is 15.6. The summed E-state index contributed by atoms with van der Waals surface area (Å²) in [6.07, 6.45) is 5.20. The second-order valence-corrected chi connectivity index (χ2v) is 8.22. The molecule has 0 spiro atoms. The Kier molecular flexibility index (Phi) is 9.59. The second kappa shape index (κ2) is 12.6. The van der Waals surface area contributed by atoms with Gasteiger partial charge in [-0.05, 0) is 55.8 Å². The van der Waals surface area contributed by atoms with Crippen LogP contribution in [0.5, 0.6) is 17.2 Å². The summed E-state index contributed by atoms with van der Waals surface area (Å²) in [7, 11) is 1.64. The first kappa shape index (κ1) is 24.3. The molecule has 0 amide bonds. The average Bonchev–Trinajstić information content (AvgIpc) is 2.83. The first-order valence-electron chi connectivity index (χ1n) is 11.6. The van der Waals surface area contributed by atoms with Crippen LogP contribution in [0.15, 0.2) is 42.7 Å². The first-order valence-corrected chi connectivity index (χ1v) is 11.6. The van der Waals surface area contributed by atoms with Crippen molar-refractivity contribution in [2.45, 2.75) is 45.4 Å². The fraction of sp³-hybridized carbons (Fsp3) is 0.560. The zero-order valence-corrected chi connectivity index (χ0v) is 19.6. The number of benzene rings is 1. The minimum atomic E-state index is -0.540. The summed E-state index contributed by atoms with van der Waals surface area (Å²) in [5.74, 6) is 2.21. The molecule has 1 aliphatic rings. The fourth-order valence-electron chi connectivity index (χ4n) is 4.00. The maximum atomic E-state index is 10.3. The number of piperidine rings is 1. The Labute approximate surface area is 191 Å². The molecule has 0 bridgehead atoms. The Balaban J connectivity index is 1.50. The van der Waals surface area contributed by atoms with E-state index in [-0.39, 0.29) is 12.7 Å². The van der Waals surface area contributed by atoms with Gasteiger partial charge in [0.1, 0.15) is 24.6 Å². The van der Waals surface area contributed by atoms with Crippen molar-refractivity contribution in [1.29, 1.82) is 0 Å². The van der Waals surface area contributed by atoms with Gasteiger partial charge in [0.05, 0.1) is 13.3 Å². The molecule has 3 rings (SSSR count). The van der Waals surface area contributed by atoms with Crippen molar-refractivity contribution >= 4 is 0 Å². The third-order valence-electron chi connectivity index (χ3n) is 5.90. The van der Waals surface area contributed by atoms with Crippen molar-refractivity contribution in [2.24, 2.45) is 0 Å².